The van der Waals surface area contributed by atoms with E-state index in [9.17, 15) is 22.4 Å². The number of aromatic nitrogens is 6. The largest absolute Gasteiger partial charge is 0.452 e. The van der Waals surface area contributed by atoms with Gasteiger partial charge in [-0.1, -0.05) is 6.07 Å². The number of alkyl halides is 3. The first-order chi connectivity index (χ1) is 17.3. The number of amides is 1. The summed E-state index contributed by atoms with van der Waals surface area (Å²) < 4.78 is 55.6. The summed E-state index contributed by atoms with van der Waals surface area (Å²) in [7, 11) is 0. The van der Waals surface area contributed by atoms with E-state index in [0.29, 0.717) is 18.5 Å². The van der Waals surface area contributed by atoms with Crippen molar-refractivity contribution in [3.63, 3.8) is 0 Å². The van der Waals surface area contributed by atoms with Crippen LogP contribution in [0.5, 0.6) is 0 Å². The van der Waals surface area contributed by atoms with Gasteiger partial charge in [0, 0.05) is 36.9 Å². The summed E-state index contributed by atoms with van der Waals surface area (Å²) in [6, 6.07) is 5.73. The van der Waals surface area contributed by atoms with Gasteiger partial charge in [0.1, 0.15) is 5.82 Å². The molecule has 1 amide bonds. The predicted octanol–water partition coefficient (Wildman–Crippen LogP) is 3.98. The molecule has 2 fully saturated rings. The lowest BCUT2D eigenvalue weighted by Crippen LogP contribution is -2.37. The average Bonchev–Trinajstić information content (AvgIpc) is 3.57. The van der Waals surface area contributed by atoms with E-state index in [1.54, 1.807) is 17.0 Å². The second-order valence-corrected chi connectivity index (χ2v) is 9.03. The van der Waals surface area contributed by atoms with Crippen molar-refractivity contribution in [1.82, 2.24) is 34.4 Å². The Morgan fingerprint density at radius 1 is 1.03 bits per heavy atom. The molecule has 12 heteroatoms. The fraction of sp³-hybridized carbons (Fsp3) is 0.333. The van der Waals surface area contributed by atoms with E-state index in [1.165, 1.54) is 36.9 Å². The van der Waals surface area contributed by atoms with Crippen molar-refractivity contribution in [3.8, 4) is 11.4 Å². The second kappa shape index (κ2) is 8.32. The topological polar surface area (TPSA) is 89.2 Å². The van der Waals surface area contributed by atoms with Crippen LogP contribution in [0.4, 0.5) is 17.6 Å². The molecule has 6 rings (SSSR count). The molecule has 0 radical (unpaired) electrons. The fourth-order valence-electron chi connectivity index (χ4n) is 5.61. The molecule has 5 heterocycles. The number of benzene rings is 1. The van der Waals surface area contributed by atoms with E-state index >= 15 is 0 Å². The summed E-state index contributed by atoms with van der Waals surface area (Å²) >= 11 is 0. The SMILES string of the molecule is O=C(c1cccc(F)c1-c1ncccn1)N1C2CCC1C(Cc1nccn3c(C(F)(F)F)nnc13)C2. The van der Waals surface area contributed by atoms with Crippen LogP contribution in [-0.2, 0) is 12.6 Å². The first kappa shape index (κ1) is 22.5. The lowest BCUT2D eigenvalue weighted by molar-refractivity contribution is -0.145. The molecule has 8 nitrogen and oxygen atoms in total. The van der Waals surface area contributed by atoms with Crippen molar-refractivity contribution in [3.05, 3.63) is 72.0 Å². The number of halogens is 4. The number of carbonyl (C=O) groups is 1. The van der Waals surface area contributed by atoms with Crippen molar-refractivity contribution in [2.75, 3.05) is 0 Å². The predicted molar refractivity (Wildman–Crippen MR) is 118 cm³/mol. The molecule has 36 heavy (non-hydrogen) atoms. The number of hydrogen-bond donors (Lipinski definition) is 0. The van der Waals surface area contributed by atoms with Crippen LogP contribution in [0.1, 0.15) is 41.1 Å². The lowest BCUT2D eigenvalue weighted by Gasteiger charge is -2.25. The van der Waals surface area contributed by atoms with Crippen LogP contribution < -0.4 is 0 Å². The first-order valence-corrected chi connectivity index (χ1v) is 11.5. The summed E-state index contributed by atoms with van der Waals surface area (Å²) in [6.45, 7) is 0. The van der Waals surface area contributed by atoms with Gasteiger partial charge >= 0.3 is 6.18 Å². The Morgan fingerprint density at radius 3 is 2.61 bits per heavy atom. The van der Waals surface area contributed by atoms with Gasteiger partial charge in [0.2, 0.25) is 5.82 Å². The van der Waals surface area contributed by atoms with Crippen LogP contribution in [0.3, 0.4) is 0 Å². The molecule has 0 spiro atoms. The molecule has 3 aromatic heterocycles. The number of fused-ring (bicyclic) bond motifs is 3. The standard InChI is InChI=1S/C24H19F4N7O/c25-16-4-1-3-15(19(16)20-30-7-2-8-31-20)22(36)35-14-5-6-18(35)13(11-14)12-17-21-32-33-23(24(26,27)28)34(21)10-9-29-17/h1-4,7-10,13-14,18H,5-6,11-12H2. The molecule has 3 atom stereocenters. The molecule has 0 aliphatic carbocycles. The van der Waals surface area contributed by atoms with Crippen LogP contribution in [0.2, 0.25) is 0 Å². The maximum absolute atomic E-state index is 14.8. The molecule has 0 N–H and O–H groups in total. The Bertz CT molecular complexity index is 1460. The minimum absolute atomic E-state index is 0.0255. The third-order valence-electron chi connectivity index (χ3n) is 7.04. The number of rotatable bonds is 4. The van der Waals surface area contributed by atoms with Gasteiger partial charge in [0.05, 0.1) is 16.8 Å². The molecule has 184 valence electrons. The average molecular weight is 497 g/mol. The maximum atomic E-state index is 14.8. The van der Waals surface area contributed by atoms with Gasteiger partial charge in [-0.15, -0.1) is 10.2 Å². The van der Waals surface area contributed by atoms with Crippen molar-refractivity contribution >= 4 is 11.6 Å². The smallest absolute Gasteiger partial charge is 0.332 e. The molecule has 2 aliphatic heterocycles. The Morgan fingerprint density at radius 2 is 1.83 bits per heavy atom. The maximum Gasteiger partial charge on any atom is 0.452 e. The summed E-state index contributed by atoms with van der Waals surface area (Å²) in [4.78, 5) is 28.0. The number of carbonyl (C=O) groups excluding carboxylic acids is 1. The molecule has 3 unspecified atom stereocenters. The number of hydrogen-bond acceptors (Lipinski definition) is 6. The summed E-state index contributed by atoms with van der Waals surface area (Å²) in [6.07, 6.45) is 3.40. The van der Waals surface area contributed by atoms with E-state index in [-0.39, 0.29) is 46.5 Å². The van der Waals surface area contributed by atoms with Gasteiger partial charge in [-0.3, -0.25) is 14.2 Å². The van der Waals surface area contributed by atoms with Crippen LogP contribution in [0.25, 0.3) is 17.0 Å². The third-order valence-corrected chi connectivity index (χ3v) is 7.04. The molecular formula is C24H19F4N7O. The highest BCUT2D eigenvalue weighted by Gasteiger charge is 2.49. The molecule has 2 bridgehead atoms. The van der Waals surface area contributed by atoms with Crippen LogP contribution in [0, 0.1) is 11.7 Å². The monoisotopic (exact) mass is 497 g/mol. The molecule has 1 aromatic carbocycles. The van der Waals surface area contributed by atoms with Crippen LogP contribution >= 0.6 is 0 Å². The molecule has 4 aromatic rings. The van der Waals surface area contributed by atoms with Crippen LogP contribution in [-0.4, -0.2) is 52.4 Å². The van der Waals surface area contributed by atoms with Gasteiger partial charge in [0.15, 0.2) is 11.5 Å². The van der Waals surface area contributed by atoms with Gasteiger partial charge in [-0.05, 0) is 49.8 Å². The zero-order chi connectivity index (χ0) is 25.0. The minimum atomic E-state index is -4.64. The van der Waals surface area contributed by atoms with E-state index < -0.39 is 17.8 Å². The van der Waals surface area contributed by atoms with Gasteiger partial charge in [0.25, 0.3) is 5.91 Å². The fourth-order valence-corrected chi connectivity index (χ4v) is 5.61. The summed E-state index contributed by atoms with van der Waals surface area (Å²) in [5.74, 6) is -1.89. The molecule has 0 saturated carbocycles. The Hall–Kier alpha value is -3.96. The Labute approximate surface area is 202 Å². The normalized spacial score (nSPS) is 21.4. The van der Waals surface area contributed by atoms with Gasteiger partial charge in [-0.2, -0.15) is 13.2 Å². The zero-order valence-corrected chi connectivity index (χ0v) is 18.7. The highest BCUT2D eigenvalue weighted by molar-refractivity contribution is 6.01. The quantitative estimate of drug-likeness (QED) is 0.397. The van der Waals surface area contributed by atoms with Gasteiger partial charge in [-0.25, -0.2) is 14.4 Å². The lowest BCUT2D eigenvalue weighted by atomic mass is 9.86. The molecule has 2 saturated heterocycles. The highest BCUT2D eigenvalue weighted by atomic mass is 19.4. The van der Waals surface area contributed by atoms with E-state index in [1.807, 2.05) is 0 Å². The first-order valence-electron chi connectivity index (χ1n) is 11.5. The Kier molecular flexibility index (Phi) is 5.20. The highest BCUT2D eigenvalue weighted by Crippen LogP contribution is 2.44. The van der Waals surface area contributed by atoms with E-state index in [4.69, 9.17) is 0 Å². The van der Waals surface area contributed by atoms with Gasteiger partial charge < -0.3 is 4.90 Å². The van der Waals surface area contributed by atoms with E-state index in [2.05, 4.69) is 25.1 Å². The minimum Gasteiger partial charge on any atom is -0.332 e. The van der Waals surface area contributed by atoms with Crippen molar-refractivity contribution < 1.29 is 22.4 Å². The summed E-state index contributed by atoms with van der Waals surface area (Å²) in [5.41, 5.74) is 0.695. The zero-order valence-electron chi connectivity index (χ0n) is 18.7. The second-order valence-electron chi connectivity index (χ2n) is 9.03. The number of nitrogens with zero attached hydrogens (tertiary/aromatic N) is 7. The van der Waals surface area contributed by atoms with E-state index in [0.717, 1.165) is 17.2 Å². The van der Waals surface area contributed by atoms with Crippen molar-refractivity contribution in [1.29, 1.82) is 0 Å². The van der Waals surface area contributed by atoms with Crippen molar-refractivity contribution in [2.45, 2.75) is 43.9 Å². The molecule has 2 aliphatic rings. The molecular weight excluding hydrogens is 478 g/mol. The van der Waals surface area contributed by atoms with Crippen LogP contribution in [0.15, 0.2) is 49.1 Å². The van der Waals surface area contributed by atoms with Crippen molar-refractivity contribution in [2.24, 2.45) is 5.92 Å². The Balaban J connectivity index is 1.30. The third kappa shape index (κ3) is 3.59. The summed E-state index contributed by atoms with van der Waals surface area (Å²) in [5, 5.41) is 7.06.